The lowest BCUT2D eigenvalue weighted by Crippen LogP contribution is -2.47. The van der Waals surface area contributed by atoms with Gasteiger partial charge in [0.15, 0.2) is 0 Å². The number of fused-ring (bicyclic) bond motifs is 5. The van der Waals surface area contributed by atoms with Crippen molar-refractivity contribution in [3.05, 3.63) is 29.3 Å². The van der Waals surface area contributed by atoms with Crippen LogP contribution in [0.4, 0.5) is 17.6 Å². The standard InChI is InChI=1S/C29H41F4O7PS/c1-18(34)39-41(36,37)40-21-7-8-22-20(17-21)16-19(26-23(22)11-13-27(2)24(26)9-10-25(27)35)6-4-14-42(38)15-5-12-29(32,33)28(3,30)31/h7-8,17,19,23-26,35H,4-6,9-16H2,1-3H3,(H,36,37)/t19-,23-,24+,25+,26-,27+,42?/m1/s1. The maximum absolute atomic E-state index is 13.6. The molecular weight excluding hydrogens is 599 g/mol. The van der Waals surface area contributed by atoms with Gasteiger partial charge in [-0.05, 0) is 104 Å². The van der Waals surface area contributed by atoms with Crippen LogP contribution in [0.25, 0.3) is 0 Å². The van der Waals surface area contributed by atoms with Gasteiger partial charge in [-0.2, -0.15) is 8.78 Å². The summed E-state index contributed by atoms with van der Waals surface area (Å²) < 4.78 is 87.6. The highest BCUT2D eigenvalue weighted by Crippen LogP contribution is 2.63. The predicted molar refractivity (Wildman–Crippen MR) is 150 cm³/mol. The molecule has 0 saturated heterocycles. The molecule has 0 spiro atoms. The molecule has 2 saturated carbocycles. The van der Waals surface area contributed by atoms with Gasteiger partial charge in [0.2, 0.25) is 0 Å². The second kappa shape index (κ2) is 12.5. The number of aliphatic hydroxyl groups excluding tert-OH is 1. The summed E-state index contributed by atoms with van der Waals surface area (Å²) in [5.74, 6) is -7.96. The Balaban J connectivity index is 1.47. The Kier molecular flexibility index (Phi) is 9.93. The number of benzene rings is 1. The number of hydrogen-bond acceptors (Lipinski definition) is 6. The fraction of sp³-hybridized carbons (Fsp3) is 0.759. The van der Waals surface area contributed by atoms with Gasteiger partial charge in [0.1, 0.15) is 5.75 Å². The van der Waals surface area contributed by atoms with E-state index in [1.54, 1.807) is 12.1 Å². The lowest BCUT2D eigenvalue weighted by atomic mass is 9.52. The lowest BCUT2D eigenvalue weighted by Gasteiger charge is -2.53. The van der Waals surface area contributed by atoms with E-state index >= 15 is 0 Å². The van der Waals surface area contributed by atoms with Crippen LogP contribution in [0.1, 0.15) is 89.2 Å². The summed E-state index contributed by atoms with van der Waals surface area (Å²) in [6.07, 6.45) is 3.64. The molecule has 4 rings (SSSR count). The predicted octanol–water partition coefficient (Wildman–Crippen LogP) is 6.77. The van der Waals surface area contributed by atoms with Gasteiger partial charge in [-0.25, -0.2) is 13.3 Å². The van der Waals surface area contributed by atoms with Crippen molar-refractivity contribution in [3.8, 4) is 5.75 Å². The number of carbonyl (C=O) groups is 1. The third-order valence-corrected chi connectivity index (χ3v) is 12.2. The van der Waals surface area contributed by atoms with Gasteiger partial charge in [0.05, 0.1) is 6.10 Å². The third kappa shape index (κ3) is 7.24. The van der Waals surface area contributed by atoms with E-state index < -0.39 is 42.9 Å². The van der Waals surface area contributed by atoms with Crippen molar-refractivity contribution < 1.29 is 50.2 Å². The monoisotopic (exact) mass is 640 g/mol. The Bertz CT molecular complexity index is 1220. The molecule has 0 amide bonds. The zero-order chi connectivity index (χ0) is 31.1. The summed E-state index contributed by atoms with van der Waals surface area (Å²) >= 11 is 0. The third-order valence-electron chi connectivity index (χ3n) is 9.74. The van der Waals surface area contributed by atoms with E-state index in [0.29, 0.717) is 25.2 Å². The molecule has 0 radical (unpaired) electrons. The van der Waals surface area contributed by atoms with Crippen LogP contribution in [0.15, 0.2) is 18.2 Å². The molecule has 1 aromatic carbocycles. The van der Waals surface area contributed by atoms with Crippen LogP contribution < -0.4 is 4.52 Å². The van der Waals surface area contributed by atoms with Crippen LogP contribution in [0.2, 0.25) is 0 Å². The molecule has 0 aliphatic heterocycles. The first-order valence-electron chi connectivity index (χ1n) is 14.6. The molecule has 0 aromatic heterocycles. The first-order valence-corrected chi connectivity index (χ1v) is 17.6. The number of aliphatic hydroxyl groups is 1. The highest BCUT2D eigenvalue weighted by Gasteiger charge is 2.56. The highest BCUT2D eigenvalue weighted by molar-refractivity contribution is 7.84. The summed E-state index contributed by atoms with van der Waals surface area (Å²) in [5.41, 5.74) is 1.89. The number of phosphoric acid groups is 1. The van der Waals surface area contributed by atoms with Crippen molar-refractivity contribution in [3.63, 3.8) is 0 Å². The van der Waals surface area contributed by atoms with E-state index in [1.807, 2.05) is 6.07 Å². The van der Waals surface area contributed by atoms with Crippen molar-refractivity contribution in [2.24, 2.45) is 23.2 Å². The zero-order valence-electron chi connectivity index (χ0n) is 24.2. The second-order valence-electron chi connectivity index (χ2n) is 12.6. The number of alkyl halides is 4. The summed E-state index contributed by atoms with van der Waals surface area (Å²) in [4.78, 5) is 21.1. The molecule has 3 aliphatic carbocycles. The molecule has 238 valence electrons. The summed E-state index contributed by atoms with van der Waals surface area (Å²) in [5, 5.41) is 10.9. The molecule has 42 heavy (non-hydrogen) atoms. The summed E-state index contributed by atoms with van der Waals surface area (Å²) in [7, 11) is -6.06. The molecule has 2 N–H and O–H groups in total. The van der Waals surface area contributed by atoms with Crippen LogP contribution in [0, 0.1) is 23.2 Å². The number of hydrogen-bond donors (Lipinski definition) is 2. The summed E-state index contributed by atoms with van der Waals surface area (Å²) in [6.45, 7) is 3.36. The van der Waals surface area contributed by atoms with E-state index in [-0.39, 0.29) is 59.9 Å². The first-order chi connectivity index (χ1) is 19.4. The Hall–Kier alpha value is -1.49. The number of phosphoric ester groups is 1. The van der Waals surface area contributed by atoms with E-state index in [1.165, 1.54) is 0 Å². The van der Waals surface area contributed by atoms with E-state index in [9.17, 15) is 41.1 Å². The van der Waals surface area contributed by atoms with Crippen LogP contribution in [-0.4, -0.2) is 49.6 Å². The van der Waals surface area contributed by atoms with E-state index in [0.717, 1.165) is 43.7 Å². The molecule has 13 heteroatoms. The SMILES string of the molecule is CC(=O)OP(=O)(O)Oc1ccc2c(c1)C[C@@H](CCCS(=O)CCCC(F)(F)C(C)(F)F)[C@@H]1[C@@H]2CC[C@]2(C)[C@@H](O)CC[C@@H]12. The molecule has 2 fully saturated rings. The van der Waals surface area contributed by atoms with Gasteiger partial charge in [-0.3, -0.25) is 13.9 Å². The molecule has 2 unspecified atom stereocenters. The van der Waals surface area contributed by atoms with Crippen molar-refractivity contribution in [1.29, 1.82) is 0 Å². The van der Waals surface area contributed by atoms with Gasteiger partial charge in [0, 0.05) is 42.6 Å². The van der Waals surface area contributed by atoms with Gasteiger partial charge in [0.25, 0.3) is 0 Å². The molecule has 0 bridgehead atoms. The van der Waals surface area contributed by atoms with Gasteiger partial charge < -0.3 is 14.2 Å². The largest absolute Gasteiger partial charge is 0.587 e. The minimum Gasteiger partial charge on any atom is -0.395 e. The van der Waals surface area contributed by atoms with Crippen molar-refractivity contribution in [2.75, 3.05) is 11.5 Å². The van der Waals surface area contributed by atoms with Gasteiger partial charge in [-0.1, -0.05) is 13.0 Å². The highest BCUT2D eigenvalue weighted by atomic mass is 32.2. The van der Waals surface area contributed by atoms with Crippen LogP contribution >= 0.6 is 7.82 Å². The molecular formula is C29H41F4O7PS. The Morgan fingerprint density at radius 3 is 2.52 bits per heavy atom. The Morgan fingerprint density at radius 1 is 1.17 bits per heavy atom. The fourth-order valence-electron chi connectivity index (χ4n) is 7.68. The maximum atomic E-state index is 13.6. The van der Waals surface area contributed by atoms with Crippen LogP contribution in [-0.2, 0) is 31.1 Å². The molecule has 3 aliphatic rings. The maximum Gasteiger partial charge on any atom is 0.587 e. The molecule has 7 nitrogen and oxygen atoms in total. The average Bonchev–Trinajstić information content (AvgIpc) is 3.16. The lowest BCUT2D eigenvalue weighted by molar-refractivity contribution is -0.200. The number of rotatable bonds is 12. The quantitative estimate of drug-likeness (QED) is 0.192. The minimum atomic E-state index is -4.64. The van der Waals surface area contributed by atoms with Crippen molar-refractivity contribution in [2.45, 2.75) is 102 Å². The number of carbonyl (C=O) groups excluding carboxylic acids is 1. The first kappa shape index (κ1) is 33.4. The smallest absolute Gasteiger partial charge is 0.395 e. The van der Waals surface area contributed by atoms with E-state index in [4.69, 9.17) is 4.52 Å². The molecule has 0 heterocycles. The fourth-order valence-corrected chi connectivity index (χ4v) is 9.58. The minimum absolute atomic E-state index is 0.0671. The summed E-state index contributed by atoms with van der Waals surface area (Å²) in [6, 6.07) is 5.19. The van der Waals surface area contributed by atoms with Crippen molar-refractivity contribution >= 4 is 24.6 Å². The van der Waals surface area contributed by atoms with Gasteiger partial charge in [-0.15, -0.1) is 0 Å². The zero-order valence-corrected chi connectivity index (χ0v) is 25.9. The van der Waals surface area contributed by atoms with Gasteiger partial charge >= 0.3 is 25.6 Å². The molecule has 1 aromatic rings. The Labute approximate surface area is 246 Å². The Morgan fingerprint density at radius 2 is 1.86 bits per heavy atom. The molecule has 8 atom stereocenters. The van der Waals surface area contributed by atoms with Crippen LogP contribution in [0.5, 0.6) is 5.75 Å². The van der Waals surface area contributed by atoms with E-state index in [2.05, 4.69) is 11.4 Å². The van der Waals surface area contributed by atoms with Crippen LogP contribution in [0.3, 0.4) is 0 Å². The average molecular weight is 641 g/mol. The van der Waals surface area contributed by atoms with Crippen molar-refractivity contribution in [1.82, 2.24) is 0 Å². The number of halogens is 4. The topological polar surface area (TPSA) is 110 Å². The normalized spacial score (nSPS) is 31.3. The second-order valence-corrected chi connectivity index (χ2v) is 15.6.